The summed E-state index contributed by atoms with van der Waals surface area (Å²) >= 11 is 0. The highest BCUT2D eigenvalue weighted by molar-refractivity contribution is 5.85. The minimum absolute atomic E-state index is 0. The minimum Gasteiger partial charge on any atom is -0.493 e. The maximum Gasteiger partial charge on any atom is 0.260 e. The van der Waals surface area contributed by atoms with Gasteiger partial charge in [-0.3, -0.25) is 4.79 Å². The third-order valence-electron chi connectivity index (χ3n) is 3.24. The molecule has 1 aromatic carbocycles. The molecule has 1 amide bonds. The normalized spacial score (nSPS) is 18.1. The quantitative estimate of drug-likeness (QED) is 0.911. The summed E-state index contributed by atoms with van der Waals surface area (Å²) in [6, 6.07) is 7.55. The maximum absolute atomic E-state index is 12.1. The molecule has 1 aliphatic rings. The lowest BCUT2D eigenvalue weighted by molar-refractivity contribution is -0.136. The summed E-state index contributed by atoms with van der Waals surface area (Å²) in [7, 11) is 1.59. The van der Waals surface area contributed by atoms with Crippen LogP contribution in [0.25, 0.3) is 0 Å². The van der Waals surface area contributed by atoms with Gasteiger partial charge in [-0.25, -0.2) is 0 Å². The van der Waals surface area contributed by atoms with Gasteiger partial charge in [0.2, 0.25) is 0 Å². The molecule has 2 rings (SSSR count). The van der Waals surface area contributed by atoms with Gasteiger partial charge >= 0.3 is 0 Å². The Morgan fingerprint density at radius 3 is 2.75 bits per heavy atom. The molecule has 0 aliphatic carbocycles. The molecule has 20 heavy (non-hydrogen) atoms. The molecule has 1 fully saturated rings. The zero-order valence-corrected chi connectivity index (χ0v) is 12.6. The molecule has 6 heteroatoms. The maximum atomic E-state index is 12.1. The van der Waals surface area contributed by atoms with Gasteiger partial charge in [-0.1, -0.05) is 12.1 Å². The fraction of sp³-hybridized carbons (Fsp3) is 0.500. The largest absolute Gasteiger partial charge is 0.493 e. The second-order valence-corrected chi connectivity index (χ2v) is 4.58. The van der Waals surface area contributed by atoms with Gasteiger partial charge in [0, 0.05) is 25.7 Å². The molecule has 1 heterocycles. The average molecular weight is 301 g/mol. The second-order valence-electron chi connectivity index (χ2n) is 4.58. The Hall–Kier alpha value is -1.46. The topological polar surface area (TPSA) is 50.8 Å². The molecule has 0 aromatic heterocycles. The van der Waals surface area contributed by atoms with Crippen LogP contribution in [0.4, 0.5) is 0 Å². The fourth-order valence-corrected chi connectivity index (χ4v) is 2.17. The molecular formula is C14H21ClN2O3. The molecule has 0 radical (unpaired) electrons. The van der Waals surface area contributed by atoms with Crippen LogP contribution < -0.4 is 14.8 Å². The zero-order chi connectivity index (χ0) is 13.7. The van der Waals surface area contributed by atoms with Crippen LogP contribution in [0.3, 0.4) is 0 Å². The highest BCUT2D eigenvalue weighted by Crippen LogP contribution is 2.25. The van der Waals surface area contributed by atoms with E-state index >= 15 is 0 Å². The molecule has 0 bridgehead atoms. The number of methoxy groups -OCH3 is 1. The van der Waals surface area contributed by atoms with Crippen molar-refractivity contribution in [1.29, 1.82) is 0 Å². The van der Waals surface area contributed by atoms with Crippen molar-refractivity contribution in [3.05, 3.63) is 24.3 Å². The average Bonchev–Trinajstić information content (AvgIpc) is 2.45. The number of carbonyl (C=O) groups excluding carboxylic acids is 1. The van der Waals surface area contributed by atoms with Gasteiger partial charge in [0.1, 0.15) is 0 Å². The van der Waals surface area contributed by atoms with Gasteiger partial charge in [-0.15, -0.1) is 12.4 Å². The van der Waals surface area contributed by atoms with Crippen LogP contribution in [-0.2, 0) is 4.79 Å². The summed E-state index contributed by atoms with van der Waals surface area (Å²) in [5.74, 6) is 1.25. The van der Waals surface area contributed by atoms with Gasteiger partial charge in [-0.05, 0) is 19.1 Å². The number of hydrogen-bond donors (Lipinski definition) is 1. The number of benzene rings is 1. The van der Waals surface area contributed by atoms with E-state index in [4.69, 9.17) is 9.47 Å². The summed E-state index contributed by atoms with van der Waals surface area (Å²) in [4.78, 5) is 14.0. The predicted octanol–water partition coefficient (Wildman–Crippen LogP) is 1.32. The summed E-state index contributed by atoms with van der Waals surface area (Å²) < 4.78 is 10.7. The standard InChI is InChI=1S/C14H20N2O3.ClH/c1-11-9-15-7-8-16(11)14(17)10-19-13-6-4-3-5-12(13)18-2;/h3-6,11,15H,7-10H2,1-2H3;1H/t11-;/m0./s1. The predicted molar refractivity (Wildman–Crippen MR) is 79.8 cm³/mol. The van der Waals surface area contributed by atoms with Crippen molar-refractivity contribution in [3.63, 3.8) is 0 Å². The van der Waals surface area contributed by atoms with E-state index in [9.17, 15) is 4.79 Å². The molecule has 0 unspecified atom stereocenters. The van der Waals surface area contributed by atoms with Crippen molar-refractivity contribution in [1.82, 2.24) is 10.2 Å². The molecule has 1 aromatic rings. The Morgan fingerprint density at radius 2 is 2.10 bits per heavy atom. The third-order valence-corrected chi connectivity index (χ3v) is 3.24. The van der Waals surface area contributed by atoms with Gasteiger partial charge in [0.15, 0.2) is 18.1 Å². The Balaban J connectivity index is 0.00000200. The fourth-order valence-electron chi connectivity index (χ4n) is 2.17. The van der Waals surface area contributed by atoms with E-state index in [1.54, 1.807) is 13.2 Å². The lowest BCUT2D eigenvalue weighted by Crippen LogP contribution is -2.53. The molecule has 0 spiro atoms. The number of hydrogen-bond acceptors (Lipinski definition) is 4. The van der Waals surface area contributed by atoms with Gasteiger partial charge in [-0.2, -0.15) is 0 Å². The number of nitrogens with one attached hydrogen (secondary N) is 1. The Bertz CT molecular complexity index is 442. The number of ether oxygens (including phenoxy) is 2. The minimum atomic E-state index is 0. The van der Waals surface area contributed by atoms with Crippen LogP contribution in [-0.4, -0.2) is 50.2 Å². The number of carbonyl (C=O) groups is 1. The van der Waals surface area contributed by atoms with E-state index in [2.05, 4.69) is 5.32 Å². The Morgan fingerprint density at radius 1 is 1.40 bits per heavy atom. The zero-order valence-electron chi connectivity index (χ0n) is 11.8. The van der Waals surface area contributed by atoms with Gasteiger partial charge in [0.05, 0.1) is 7.11 Å². The SMILES string of the molecule is COc1ccccc1OCC(=O)N1CCNC[C@@H]1C.Cl. The molecule has 1 saturated heterocycles. The van der Waals surface area contributed by atoms with Gasteiger partial charge in [0.25, 0.3) is 5.91 Å². The summed E-state index contributed by atoms with van der Waals surface area (Å²) in [5.41, 5.74) is 0. The number of para-hydroxylation sites is 2. The highest BCUT2D eigenvalue weighted by atomic mass is 35.5. The van der Waals surface area contributed by atoms with Crippen LogP contribution in [0.5, 0.6) is 11.5 Å². The highest BCUT2D eigenvalue weighted by Gasteiger charge is 2.23. The van der Waals surface area contributed by atoms with E-state index in [1.165, 1.54) is 0 Å². The monoisotopic (exact) mass is 300 g/mol. The van der Waals surface area contributed by atoms with Crippen molar-refractivity contribution in [2.24, 2.45) is 0 Å². The van der Waals surface area contributed by atoms with Crippen LogP contribution in [0.1, 0.15) is 6.92 Å². The van der Waals surface area contributed by atoms with Crippen LogP contribution >= 0.6 is 12.4 Å². The molecule has 1 aliphatic heterocycles. The van der Waals surface area contributed by atoms with Gasteiger partial charge < -0.3 is 19.7 Å². The van der Waals surface area contributed by atoms with Crippen LogP contribution in [0, 0.1) is 0 Å². The summed E-state index contributed by atoms with van der Waals surface area (Å²) in [6.07, 6.45) is 0. The van der Waals surface area contributed by atoms with E-state index in [0.29, 0.717) is 11.5 Å². The van der Waals surface area contributed by atoms with Crippen molar-refractivity contribution in [2.45, 2.75) is 13.0 Å². The number of piperazine rings is 1. The first-order chi connectivity index (χ1) is 9.22. The first-order valence-corrected chi connectivity index (χ1v) is 6.48. The lowest BCUT2D eigenvalue weighted by atomic mass is 10.2. The van der Waals surface area contributed by atoms with Crippen molar-refractivity contribution in [2.75, 3.05) is 33.4 Å². The molecule has 112 valence electrons. The van der Waals surface area contributed by atoms with E-state index in [0.717, 1.165) is 19.6 Å². The van der Waals surface area contributed by atoms with Crippen LogP contribution in [0.2, 0.25) is 0 Å². The summed E-state index contributed by atoms with van der Waals surface area (Å²) in [6.45, 7) is 4.48. The third kappa shape index (κ3) is 4.02. The number of amides is 1. The van der Waals surface area contributed by atoms with Crippen molar-refractivity contribution >= 4 is 18.3 Å². The van der Waals surface area contributed by atoms with E-state index < -0.39 is 0 Å². The van der Waals surface area contributed by atoms with Crippen molar-refractivity contribution < 1.29 is 14.3 Å². The lowest BCUT2D eigenvalue weighted by Gasteiger charge is -2.33. The Kier molecular flexibility index (Phi) is 6.61. The first kappa shape index (κ1) is 16.6. The number of nitrogens with zero attached hydrogens (tertiary/aromatic N) is 1. The smallest absolute Gasteiger partial charge is 0.260 e. The summed E-state index contributed by atoms with van der Waals surface area (Å²) in [5, 5.41) is 3.26. The van der Waals surface area contributed by atoms with E-state index in [1.807, 2.05) is 30.0 Å². The molecular weight excluding hydrogens is 280 g/mol. The second kappa shape index (κ2) is 7.97. The molecule has 0 saturated carbocycles. The van der Waals surface area contributed by atoms with Crippen molar-refractivity contribution in [3.8, 4) is 11.5 Å². The van der Waals surface area contributed by atoms with Crippen LogP contribution in [0.15, 0.2) is 24.3 Å². The molecule has 1 N–H and O–H groups in total. The molecule has 5 nitrogen and oxygen atoms in total. The first-order valence-electron chi connectivity index (χ1n) is 6.48. The Labute approximate surface area is 125 Å². The number of rotatable bonds is 4. The number of halogens is 1. The molecule has 1 atom stereocenters. The van der Waals surface area contributed by atoms with E-state index in [-0.39, 0.29) is 31.0 Å².